The van der Waals surface area contributed by atoms with Crippen molar-refractivity contribution in [2.75, 3.05) is 7.05 Å². The van der Waals surface area contributed by atoms with Gasteiger partial charge in [-0.1, -0.05) is 6.92 Å². The van der Waals surface area contributed by atoms with E-state index in [-0.39, 0.29) is 5.60 Å². The molecule has 4 rings (SSSR count). The van der Waals surface area contributed by atoms with Gasteiger partial charge < -0.3 is 10.1 Å². The number of nitrogens with one attached hydrogen (secondary N) is 1. The molecule has 1 fully saturated rings. The molecule has 0 spiro atoms. The summed E-state index contributed by atoms with van der Waals surface area (Å²) in [6, 6.07) is 2.41. The lowest BCUT2D eigenvalue weighted by Crippen LogP contribution is -2.62. The zero-order valence-electron chi connectivity index (χ0n) is 14.4. The van der Waals surface area contributed by atoms with Crippen LogP contribution in [0.3, 0.4) is 0 Å². The van der Waals surface area contributed by atoms with Crippen LogP contribution in [0.25, 0.3) is 16.8 Å². The van der Waals surface area contributed by atoms with E-state index in [1.807, 2.05) is 37.1 Å². The number of ether oxygens (including phenoxy) is 1. The molecule has 7 nitrogen and oxygen atoms in total. The van der Waals surface area contributed by atoms with E-state index in [0.29, 0.717) is 17.8 Å². The van der Waals surface area contributed by atoms with Gasteiger partial charge in [-0.15, -0.1) is 0 Å². The summed E-state index contributed by atoms with van der Waals surface area (Å²) in [5, 5.41) is 11.9. The van der Waals surface area contributed by atoms with Crippen molar-refractivity contribution in [2.45, 2.75) is 31.9 Å². The summed E-state index contributed by atoms with van der Waals surface area (Å²) in [5.74, 6) is 1.03. The molecule has 126 valence electrons. The van der Waals surface area contributed by atoms with Crippen LogP contribution in [0.5, 0.6) is 5.88 Å². The van der Waals surface area contributed by atoms with E-state index in [1.54, 1.807) is 17.1 Å². The predicted molar refractivity (Wildman–Crippen MR) is 90.9 cm³/mol. The van der Waals surface area contributed by atoms with Crippen LogP contribution >= 0.6 is 0 Å². The van der Waals surface area contributed by atoms with Crippen molar-refractivity contribution in [2.24, 2.45) is 13.0 Å². The zero-order chi connectivity index (χ0) is 16.9. The van der Waals surface area contributed by atoms with Crippen LogP contribution in [0.2, 0.25) is 0 Å². The SMILES string of the molecule is CN[C@@H]1C[C@](C)(Oc2nc(-c3cnn(C)c3)cn3nccc23)[C@@H]1C. The summed E-state index contributed by atoms with van der Waals surface area (Å²) in [4.78, 5) is 4.75. The summed E-state index contributed by atoms with van der Waals surface area (Å²) in [7, 11) is 3.89. The first-order chi connectivity index (χ1) is 11.5. The summed E-state index contributed by atoms with van der Waals surface area (Å²) >= 11 is 0. The summed E-state index contributed by atoms with van der Waals surface area (Å²) in [6.45, 7) is 4.36. The Morgan fingerprint density at radius 3 is 2.83 bits per heavy atom. The van der Waals surface area contributed by atoms with E-state index < -0.39 is 0 Å². The van der Waals surface area contributed by atoms with Gasteiger partial charge in [0.15, 0.2) is 0 Å². The van der Waals surface area contributed by atoms with Crippen molar-refractivity contribution in [3.05, 3.63) is 30.9 Å². The average Bonchev–Trinajstić information content (AvgIpc) is 3.21. The molecule has 0 amide bonds. The van der Waals surface area contributed by atoms with Crippen LogP contribution in [-0.4, -0.2) is 43.1 Å². The third-order valence-corrected chi connectivity index (χ3v) is 5.25. The lowest BCUT2D eigenvalue weighted by atomic mass is 9.67. The minimum absolute atomic E-state index is 0.223. The van der Waals surface area contributed by atoms with Gasteiger partial charge in [0, 0.05) is 37.2 Å². The van der Waals surface area contributed by atoms with Crippen LogP contribution in [-0.2, 0) is 7.05 Å². The van der Waals surface area contributed by atoms with Crippen LogP contribution in [0.15, 0.2) is 30.9 Å². The van der Waals surface area contributed by atoms with Crippen molar-refractivity contribution in [1.29, 1.82) is 0 Å². The average molecular weight is 326 g/mol. The molecule has 0 aliphatic heterocycles. The molecule has 3 aromatic heterocycles. The third kappa shape index (κ3) is 2.27. The number of hydrogen-bond acceptors (Lipinski definition) is 5. The maximum absolute atomic E-state index is 6.38. The van der Waals surface area contributed by atoms with E-state index in [9.17, 15) is 0 Å². The number of aromatic nitrogens is 5. The molecule has 7 heteroatoms. The molecule has 24 heavy (non-hydrogen) atoms. The largest absolute Gasteiger partial charge is 0.469 e. The molecule has 0 radical (unpaired) electrons. The molecule has 0 unspecified atom stereocenters. The van der Waals surface area contributed by atoms with Gasteiger partial charge in [-0.25, -0.2) is 9.50 Å². The van der Waals surface area contributed by atoms with E-state index in [0.717, 1.165) is 23.2 Å². The maximum atomic E-state index is 6.38. The second-order valence-corrected chi connectivity index (χ2v) is 6.80. The molecule has 1 aliphatic carbocycles. The maximum Gasteiger partial charge on any atom is 0.241 e. The summed E-state index contributed by atoms with van der Waals surface area (Å²) < 4.78 is 9.96. The topological polar surface area (TPSA) is 69.3 Å². The van der Waals surface area contributed by atoms with Gasteiger partial charge >= 0.3 is 0 Å². The molecule has 1 N–H and O–H groups in total. The van der Waals surface area contributed by atoms with Gasteiger partial charge in [0.1, 0.15) is 11.1 Å². The normalized spacial score (nSPS) is 26.5. The molecule has 3 atom stereocenters. The van der Waals surface area contributed by atoms with Gasteiger partial charge in [0.25, 0.3) is 0 Å². The third-order valence-electron chi connectivity index (χ3n) is 5.25. The highest BCUT2D eigenvalue weighted by molar-refractivity contribution is 5.63. The lowest BCUT2D eigenvalue weighted by molar-refractivity contribution is -0.0729. The first-order valence-corrected chi connectivity index (χ1v) is 8.20. The van der Waals surface area contributed by atoms with Crippen LogP contribution in [0, 0.1) is 5.92 Å². The Morgan fingerprint density at radius 2 is 2.17 bits per heavy atom. The minimum Gasteiger partial charge on any atom is -0.469 e. The molecule has 0 saturated heterocycles. The Balaban J connectivity index is 1.73. The van der Waals surface area contributed by atoms with Crippen LogP contribution in [0.4, 0.5) is 0 Å². The van der Waals surface area contributed by atoms with Gasteiger partial charge in [-0.2, -0.15) is 10.2 Å². The lowest BCUT2D eigenvalue weighted by Gasteiger charge is -2.50. The Hall–Kier alpha value is -2.41. The first-order valence-electron chi connectivity index (χ1n) is 8.20. The quantitative estimate of drug-likeness (QED) is 0.793. The van der Waals surface area contributed by atoms with Crippen molar-refractivity contribution >= 4 is 5.52 Å². The summed E-state index contributed by atoms with van der Waals surface area (Å²) in [5.41, 5.74) is 2.40. The highest BCUT2D eigenvalue weighted by Gasteiger charge is 2.50. The molecule has 3 heterocycles. The van der Waals surface area contributed by atoms with E-state index in [1.165, 1.54) is 0 Å². The molecule has 0 bridgehead atoms. The Kier molecular flexibility index (Phi) is 3.35. The minimum atomic E-state index is -0.223. The molecule has 0 aromatic carbocycles. The smallest absolute Gasteiger partial charge is 0.241 e. The molecule has 1 aliphatic rings. The predicted octanol–water partition coefficient (Wildman–Crippen LogP) is 1.90. The second kappa shape index (κ2) is 5.31. The van der Waals surface area contributed by atoms with Gasteiger partial charge in [-0.3, -0.25) is 4.68 Å². The molecular formula is C17H22N6O. The van der Waals surface area contributed by atoms with Gasteiger partial charge in [0.05, 0.1) is 24.3 Å². The number of rotatable bonds is 4. The van der Waals surface area contributed by atoms with Crippen molar-refractivity contribution < 1.29 is 4.74 Å². The number of fused-ring (bicyclic) bond motifs is 1. The second-order valence-electron chi connectivity index (χ2n) is 6.80. The Labute approximate surface area is 140 Å². The summed E-state index contributed by atoms with van der Waals surface area (Å²) in [6.07, 6.45) is 8.37. The highest BCUT2D eigenvalue weighted by atomic mass is 16.5. The first kappa shape index (κ1) is 15.1. The fraction of sp³-hybridized carbons (Fsp3) is 0.471. The van der Waals surface area contributed by atoms with Gasteiger partial charge in [-0.05, 0) is 20.0 Å². The van der Waals surface area contributed by atoms with Crippen molar-refractivity contribution in [1.82, 2.24) is 29.7 Å². The van der Waals surface area contributed by atoms with E-state index in [2.05, 4.69) is 29.4 Å². The van der Waals surface area contributed by atoms with E-state index >= 15 is 0 Å². The van der Waals surface area contributed by atoms with E-state index in [4.69, 9.17) is 9.72 Å². The number of nitrogens with zero attached hydrogens (tertiary/aromatic N) is 5. The van der Waals surface area contributed by atoms with Gasteiger partial charge in [0.2, 0.25) is 5.88 Å². The fourth-order valence-electron chi connectivity index (χ4n) is 3.44. The van der Waals surface area contributed by atoms with Crippen LogP contribution < -0.4 is 10.1 Å². The fourth-order valence-corrected chi connectivity index (χ4v) is 3.44. The molecule has 1 saturated carbocycles. The highest BCUT2D eigenvalue weighted by Crippen LogP contribution is 2.42. The van der Waals surface area contributed by atoms with Crippen LogP contribution in [0.1, 0.15) is 20.3 Å². The zero-order valence-corrected chi connectivity index (χ0v) is 14.4. The molecule has 3 aromatic rings. The molecular weight excluding hydrogens is 304 g/mol. The monoisotopic (exact) mass is 326 g/mol. The van der Waals surface area contributed by atoms with Crippen molar-refractivity contribution in [3.8, 4) is 17.1 Å². The number of hydrogen-bond donors (Lipinski definition) is 1. The Bertz CT molecular complexity index is 884. The Morgan fingerprint density at radius 1 is 1.33 bits per heavy atom. The van der Waals surface area contributed by atoms with Crippen molar-refractivity contribution in [3.63, 3.8) is 0 Å². The number of aryl methyl sites for hydroxylation is 1. The standard InChI is InChI=1S/C17H22N6O/c1-11-13(18-3)7-17(11,2)24-16-15-5-6-19-23(15)10-14(21-16)12-8-20-22(4)9-12/h5-6,8-11,13,18H,7H2,1-4H3/t11-,13-,17+/m1/s1.